The molecule has 0 aromatic carbocycles. The van der Waals surface area contributed by atoms with Gasteiger partial charge in [0.15, 0.2) is 0 Å². The molecule has 0 saturated heterocycles. The van der Waals surface area contributed by atoms with E-state index in [1.807, 2.05) is 0 Å². The van der Waals surface area contributed by atoms with Crippen LogP contribution in [0.25, 0.3) is 0 Å². The van der Waals surface area contributed by atoms with Gasteiger partial charge in [-0.1, -0.05) is 27.7 Å². The van der Waals surface area contributed by atoms with Crippen LogP contribution in [0, 0.1) is 17.8 Å². The number of nitrogens with one attached hydrogen (secondary N) is 2. The smallest absolute Gasteiger partial charge is 0.550 e. The number of aliphatic hydroxyl groups is 6. The third kappa shape index (κ3) is 18.8. The van der Waals surface area contributed by atoms with Gasteiger partial charge in [-0.3, -0.25) is 14.6 Å². The van der Waals surface area contributed by atoms with Crippen molar-refractivity contribution in [1.29, 1.82) is 0 Å². The molecule has 9 N–H and O–H groups in total. The molecule has 2 atom stereocenters. The zero-order valence-electron chi connectivity index (χ0n) is 25.5. The Morgan fingerprint density at radius 2 is 1.18 bits per heavy atom. The predicted molar refractivity (Wildman–Crippen MR) is 155 cm³/mol. The van der Waals surface area contributed by atoms with Crippen LogP contribution in [0.1, 0.15) is 57.4 Å². The molecule has 1 aromatic heterocycles. The number of carbonyl (C=O) groups excluding carboxylic acids is 4. The van der Waals surface area contributed by atoms with Crippen molar-refractivity contribution in [2.45, 2.75) is 72.9 Å². The molecule has 0 aliphatic carbocycles. The van der Waals surface area contributed by atoms with E-state index in [1.54, 1.807) is 6.92 Å². The topological polar surface area (TPSA) is 293 Å². The molecule has 0 aliphatic heterocycles. The molecule has 0 spiro atoms. The van der Waals surface area contributed by atoms with E-state index >= 15 is 0 Å². The predicted octanol–water partition coefficient (Wildman–Crippen LogP) is -4.63. The normalized spacial score (nSPS) is 11.9. The summed E-state index contributed by atoms with van der Waals surface area (Å²) in [5.41, 5.74) is -0.640. The largest absolute Gasteiger partial charge is 2.00 e. The Balaban J connectivity index is -0.000000268. The van der Waals surface area contributed by atoms with Crippen molar-refractivity contribution in [3.05, 3.63) is 23.0 Å². The Morgan fingerprint density at radius 3 is 1.45 bits per heavy atom. The molecule has 0 radical (unpaired) electrons. The Kier molecular flexibility index (Phi) is 27.2. The van der Waals surface area contributed by atoms with Crippen LogP contribution in [0.2, 0.25) is 0 Å². The Labute approximate surface area is 291 Å². The van der Waals surface area contributed by atoms with Gasteiger partial charge < -0.3 is 66.2 Å². The molecule has 2 amide bonds. The average molecular weight is 682 g/mol. The standard InChI is InChI=1S/2C9H17NO5.C8H11NO3.Ca.ClH/c2*1-9(2,5-11)7(14)8(15)10-4-3-6(12)13;1-5-8(12)7(4-11)6(3-10)2-9-5;;/h2*7,11,14H,3-5H2,1-2H3,(H,10,15)(H,12,13);2,10-12H,3-4H2,1H3;;1H/q;;;+2;/p-2. The molecule has 1 aromatic rings. The maximum atomic E-state index is 11.2. The molecule has 2 unspecified atom stereocenters. The number of hydrogen-bond acceptors (Lipinski definition) is 14. The zero-order chi connectivity index (χ0) is 33.3. The number of nitrogens with zero attached hydrogens (tertiary/aromatic N) is 1. The minimum atomic E-state index is -1.37. The fraction of sp³-hybridized carbons (Fsp3) is 0.654. The van der Waals surface area contributed by atoms with Gasteiger partial charge in [-0.15, -0.1) is 12.4 Å². The first-order valence-electron chi connectivity index (χ1n) is 12.7. The van der Waals surface area contributed by atoms with E-state index in [9.17, 15) is 44.7 Å². The van der Waals surface area contributed by atoms with E-state index in [4.69, 9.17) is 20.4 Å². The van der Waals surface area contributed by atoms with Crippen LogP contribution in [0.15, 0.2) is 6.20 Å². The molecule has 44 heavy (non-hydrogen) atoms. The molecule has 0 fully saturated rings. The fourth-order valence-corrected chi connectivity index (χ4v) is 2.65. The van der Waals surface area contributed by atoms with Crippen LogP contribution in [-0.4, -0.2) is 141 Å². The van der Waals surface area contributed by atoms with Crippen molar-refractivity contribution in [3.8, 4) is 5.75 Å². The van der Waals surface area contributed by atoms with Crippen molar-refractivity contribution in [3.63, 3.8) is 0 Å². The van der Waals surface area contributed by atoms with E-state index in [-0.39, 0.29) is 108 Å². The summed E-state index contributed by atoms with van der Waals surface area (Å²) in [6.45, 7) is 6.33. The Hall–Kier alpha value is -1.86. The fourth-order valence-electron chi connectivity index (χ4n) is 2.65. The first-order valence-corrected chi connectivity index (χ1v) is 12.7. The molecule has 18 heteroatoms. The number of rotatable bonds is 14. The molecule has 16 nitrogen and oxygen atoms in total. The number of aliphatic carboxylic acids is 2. The Morgan fingerprint density at radius 1 is 0.818 bits per heavy atom. The number of carbonyl (C=O) groups is 4. The second kappa shape index (κ2) is 24.4. The van der Waals surface area contributed by atoms with Crippen molar-refractivity contribution in [2.75, 3.05) is 26.3 Å². The molecule has 1 heterocycles. The number of hydrogen-bond donors (Lipinski definition) is 9. The summed E-state index contributed by atoms with van der Waals surface area (Å²) >= 11 is 0. The molecule has 0 bridgehead atoms. The summed E-state index contributed by atoms with van der Waals surface area (Å²) in [5, 5.41) is 88.3. The van der Waals surface area contributed by atoms with Gasteiger partial charge >= 0.3 is 37.7 Å². The number of aromatic hydroxyl groups is 1. The van der Waals surface area contributed by atoms with Crippen molar-refractivity contribution in [2.24, 2.45) is 10.8 Å². The zero-order valence-corrected chi connectivity index (χ0v) is 28.6. The number of aromatic nitrogens is 1. The number of aryl methyl sites for hydroxylation is 1. The van der Waals surface area contributed by atoms with Gasteiger partial charge in [-0.2, -0.15) is 0 Å². The van der Waals surface area contributed by atoms with Crippen molar-refractivity contribution in [1.82, 2.24) is 15.6 Å². The summed E-state index contributed by atoms with van der Waals surface area (Å²) in [6.07, 6.45) is -1.91. The third-order valence-electron chi connectivity index (χ3n) is 5.81. The summed E-state index contributed by atoms with van der Waals surface area (Å²) in [6, 6.07) is 0. The minimum absolute atomic E-state index is 0. The van der Waals surface area contributed by atoms with E-state index in [0.717, 1.165) is 0 Å². The number of pyridine rings is 1. The van der Waals surface area contributed by atoms with E-state index in [1.165, 1.54) is 33.9 Å². The second-order valence-corrected chi connectivity index (χ2v) is 10.4. The Bertz CT molecular complexity index is 979. The van der Waals surface area contributed by atoms with Crippen LogP contribution in [0.5, 0.6) is 5.75 Å². The van der Waals surface area contributed by atoms with Gasteiger partial charge in [0.2, 0.25) is 11.8 Å². The summed E-state index contributed by atoms with van der Waals surface area (Å²) in [5.74, 6) is -3.98. The SMILES string of the molecule is CC(C)(CO)C(O)C(=O)NCCC(=O)[O-].CC(C)(CO)C(O)C(=O)NCCC(=O)[O-].Cc1ncc(CO)c(CO)c1O.Cl.[Ca+2]. The number of halogens is 1. The van der Waals surface area contributed by atoms with Gasteiger partial charge in [0, 0.05) is 66.0 Å². The van der Waals surface area contributed by atoms with Gasteiger partial charge in [0.25, 0.3) is 0 Å². The monoisotopic (exact) mass is 681 g/mol. The van der Waals surface area contributed by atoms with Crippen molar-refractivity contribution < 1.29 is 65.1 Å². The molecule has 250 valence electrons. The van der Waals surface area contributed by atoms with E-state index < -0.39 is 46.8 Å². The van der Waals surface area contributed by atoms with Crippen LogP contribution < -0.4 is 20.8 Å². The molecular formula is C26H44CaClN3O13. The number of amides is 2. The number of carboxylic acids is 2. The van der Waals surface area contributed by atoms with Gasteiger partial charge in [0.1, 0.15) is 18.0 Å². The first kappa shape index (κ1) is 49.0. The molecule has 0 aliphatic rings. The number of carboxylic acid groups (broad SMARTS) is 2. The van der Waals surface area contributed by atoms with Crippen LogP contribution >= 0.6 is 12.4 Å². The van der Waals surface area contributed by atoms with Crippen LogP contribution in [0.4, 0.5) is 0 Å². The van der Waals surface area contributed by atoms with E-state index in [0.29, 0.717) is 16.8 Å². The molecular weight excluding hydrogens is 638 g/mol. The summed E-state index contributed by atoms with van der Waals surface area (Å²) < 4.78 is 0. The van der Waals surface area contributed by atoms with Crippen LogP contribution in [0.3, 0.4) is 0 Å². The number of aliphatic hydroxyl groups excluding tert-OH is 6. The second-order valence-electron chi connectivity index (χ2n) is 10.4. The van der Waals surface area contributed by atoms with Gasteiger partial charge in [0.05, 0.1) is 32.1 Å². The van der Waals surface area contributed by atoms with Crippen molar-refractivity contribution >= 4 is 73.9 Å². The van der Waals surface area contributed by atoms with Crippen LogP contribution in [-0.2, 0) is 32.4 Å². The average Bonchev–Trinajstić information content (AvgIpc) is 2.93. The maximum absolute atomic E-state index is 11.2. The first-order chi connectivity index (χ1) is 19.3. The minimum Gasteiger partial charge on any atom is -0.550 e. The third-order valence-corrected chi connectivity index (χ3v) is 5.81. The molecule has 1 rings (SSSR count). The summed E-state index contributed by atoms with van der Waals surface area (Å²) in [4.78, 5) is 46.4. The van der Waals surface area contributed by atoms with E-state index in [2.05, 4.69) is 15.6 Å². The van der Waals surface area contributed by atoms with Gasteiger partial charge in [-0.25, -0.2) is 0 Å². The summed E-state index contributed by atoms with van der Waals surface area (Å²) in [7, 11) is 0. The van der Waals surface area contributed by atoms with Gasteiger partial charge in [-0.05, 0) is 6.92 Å². The molecule has 0 saturated carbocycles. The maximum Gasteiger partial charge on any atom is 2.00 e. The quantitative estimate of drug-likeness (QED) is 0.0835.